The summed E-state index contributed by atoms with van der Waals surface area (Å²) >= 11 is 5.97. The summed E-state index contributed by atoms with van der Waals surface area (Å²) in [6, 6.07) is 0. The number of H-pyrrole nitrogens is 1. The zero-order valence-electron chi connectivity index (χ0n) is 9.41. The van der Waals surface area contributed by atoms with Gasteiger partial charge in [0.15, 0.2) is 10.8 Å². The Morgan fingerprint density at radius 2 is 2.12 bits per heavy atom. The first-order valence-electron chi connectivity index (χ1n) is 4.97. The Morgan fingerprint density at radius 1 is 1.44 bits per heavy atom. The van der Waals surface area contributed by atoms with Gasteiger partial charge >= 0.3 is 5.69 Å². The standard InChI is InChI=1S/C10H13ClN4O/c1-10(2,3)4-15-6-7(11)12-5-13-8(6)14-9(15)16/h5H,4H2,1-3H3,(H,12,13,14,16). The van der Waals surface area contributed by atoms with Crippen molar-refractivity contribution >= 4 is 22.8 Å². The molecule has 0 aromatic carbocycles. The number of imidazole rings is 1. The summed E-state index contributed by atoms with van der Waals surface area (Å²) in [6.45, 7) is 6.72. The maximum absolute atomic E-state index is 11.7. The van der Waals surface area contributed by atoms with Crippen LogP contribution in [-0.2, 0) is 6.54 Å². The molecule has 0 radical (unpaired) electrons. The van der Waals surface area contributed by atoms with Crippen molar-refractivity contribution in [2.24, 2.45) is 5.41 Å². The van der Waals surface area contributed by atoms with Crippen LogP contribution in [-0.4, -0.2) is 19.5 Å². The van der Waals surface area contributed by atoms with Gasteiger partial charge in [-0.15, -0.1) is 0 Å². The van der Waals surface area contributed by atoms with Crippen LogP contribution >= 0.6 is 11.6 Å². The molecule has 0 spiro atoms. The minimum Gasteiger partial charge on any atom is -0.290 e. The summed E-state index contributed by atoms with van der Waals surface area (Å²) < 4.78 is 1.58. The van der Waals surface area contributed by atoms with Crippen molar-refractivity contribution in [3.05, 3.63) is 22.0 Å². The second kappa shape index (κ2) is 3.59. The summed E-state index contributed by atoms with van der Waals surface area (Å²) in [5.41, 5.74) is 0.837. The number of hydrogen-bond acceptors (Lipinski definition) is 3. The van der Waals surface area contributed by atoms with Crippen LogP contribution in [0.2, 0.25) is 5.15 Å². The van der Waals surface area contributed by atoms with Crippen LogP contribution < -0.4 is 5.69 Å². The molecule has 2 heterocycles. The molecular formula is C10H13ClN4O. The summed E-state index contributed by atoms with van der Waals surface area (Å²) in [5.74, 6) is 0. The van der Waals surface area contributed by atoms with Crippen LogP contribution in [0.5, 0.6) is 0 Å². The SMILES string of the molecule is CC(C)(C)Cn1c(=O)[nH]c2ncnc(Cl)c21. The molecule has 0 aliphatic carbocycles. The van der Waals surface area contributed by atoms with Crippen LogP contribution in [0.1, 0.15) is 20.8 Å². The van der Waals surface area contributed by atoms with Crippen LogP contribution in [0, 0.1) is 5.41 Å². The second-order valence-corrected chi connectivity index (χ2v) is 5.30. The van der Waals surface area contributed by atoms with E-state index in [0.717, 1.165) is 0 Å². The first-order chi connectivity index (χ1) is 7.38. The summed E-state index contributed by atoms with van der Waals surface area (Å²) in [4.78, 5) is 22.3. The van der Waals surface area contributed by atoms with E-state index in [0.29, 0.717) is 22.9 Å². The highest BCUT2D eigenvalue weighted by atomic mass is 35.5. The maximum atomic E-state index is 11.7. The minimum absolute atomic E-state index is 0.0158. The van der Waals surface area contributed by atoms with E-state index in [1.165, 1.54) is 6.33 Å². The van der Waals surface area contributed by atoms with Crippen molar-refractivity contribution in [1.29, 1.82) is 0 Å². The van der Waals surface area contributed by atoms with E-state index in [9.17, 15) is 4.79 Å². The zero-order chi connectivity index (χ0) is 11.9. The normalized spacial score (nSPS) is 12.2. The molecule has 0 saturated carbocycles. The Balaban J connectivity index is 2.69. The first-order valence-corrected chi connectivity index (χ1v) is 5.35. The highest BCUT2D eigenvalue weighted by Crippen LogP contribution is 2.21. The molecular weight excluding hydrogens is 228 g/mol. The molecule has 0 bridgehead atoms. The number of aromatic nitrogens is 4. The summed E-state index contributed by atoms with van der Waals surface area (Å²) in [5, 5.41) is 0.299. The monoisotopic (exact) mass is 240 g/mol. The maximum Gasteiger partial charge on any atom is 0.327 e. The fourth-order valence-corrected chi connectivity index (χ4v) is 1.82. The van der Waals surface area contributed by atoms with Gasteiger partial charge in [-0.05, 0) is 5.41 Å². The Hall–Kier alpha value is -1.36. The average Bonchev–Trinajstić information content (AvgIpc) is 2.42. The van der Waals surface area contributed by atoms with Gasteiger partial charge in [0.25, 0.3) is 0 Å². The van der Waals surface area contributed by atoms with Crippen molar-refractivity contribution in [2.45, 2.75) is 27.3 Å². The van der Waals surface area contributed by atoms with Gasteiger partial charge in [0.2, 0.25) is 0 Å². The fourth-order valence-electron chi connectivity index (χ4n) is 1.58. The number of fused-ring (bicyclic) bond motifs is 1. The number of hydrogen-bond donors (Lipinski definition) is 1. The number of nitrogens with zero attached hydrogens (tertiary/aromatic N) is 3. The summed E-state index contributed by atoms with van der Waals surface area (Å²) in [6.07, 6.45) is 1.34. The Bertz CT molecular complexity index is 578. The van der Waals surface area contributed by atoms with Gasteiger partial charge in [-0.1, -0.05) is 32.4 Å². The molecule has 1 N–H and O–H groups in total. The molecule has 16 heavy (non-hydrogen) atoms. The van der Waals surface area contributed by atoms with Gasteiger partial charge in [-0.3, -0.25) is 9.55 Å². The molecule has 0 aliphatic heterocycles. The highest BCUT2D eigenvalue weighted by molar-refractivity contribution is 6.33. The number of aromatic amines is 1. The average molecular weight is 241 g/mol. The molecule has 0 amide bonds. The molecule has 0 unspecified atom stereocenters. The van der Waals surface area contributed by atoms with E-state index in [4.69, 9.17) is 11.6 Å². The zero-order valence-corrected chi connectivity index (χ0v) is 10.2. The molecule has 2 aromatic rings. The van der Waals surface area contributed by atoms with E-state index in [-0.39, 0.29) is 11.1 Å². The van der Waals surface area contributed by atoms with Crippen LogP contribution in [0.25, 0.3) is 11.2 Å². The lowest BCUT2D eigenvalue weighted by molar-refractivity contribution is 0.344. The minimum atomic E-state index is -0.202. The van der Waals surface area contributed by atoms with Crippen LogP contribution in [0.15, 0.2) is 11.1 Å². The number of nitrogens with one attached hydrogen (secondary N) is 1. The third-order valence-electron chi connectivity index (χ3n) is 2.15. The third kappa shape index (κ3) is 1.95. The van der Waals surface area contributed by atoms with Crippen molar-refractivity contribution in [2.75, 3.05) is 0 Å². The fraction of sp³-hybridized carbons (Fsp3) is 0.500. The van der Waals surface area contributed by atoms with Gasteiger partial charge in [-0.2, -0.15) is 0 Å². The number of rotatable bonds is 1. The summed E-state index contributed by atoms with van der Waals surface area (Å²) in [7, 11) is 0. The van der Waals surface area contributed by atoms with Crippen LogP contribution in [0.4, 0.5) is 0 Å². The molecule has 0 atom stereocenters. The van der Waals surface area contributed by atoms with Gasteiger partial charge < -0.3 is 0 Å². The lowest BCUT2D eigenvalue weighted by Gasteiger charge is -2.18. The lowest BCUT2D eigenvalue weighted by atomic mass is 9.97. The topological polar surface area (TPSA) is 63.6 Å². The second-order valence-electron chi connectivity index (χ2n) is 4.94. The molecule has 5 nitrogen and oxygen atoms in total. The highest BCUT2D eigenvalue weighted by Gasteiger charge is 2.18. The van der Waals surface area contributed by atoms with Gasteiger partial charge in [-0.25, -0.2) is 14.8 Å². The Kier molecular flexibility index (Phi) is 2.50. The number of halogens is 1. The Labute approximate surface area is 97.5 Å². The quantitative estimate of drug-likeness (QED) is 0.774. The van der Waals surface area contributed by atoms with E-state index in [1.807, 2.05) is 0 Å². The molecule has 0 aliphatic rings. The lowest BCUT2D eigenvalue weighted by Crippen LogP contribution is -2.24. The Morgan fingerprint density at radius 3 is 2.75 bits per heavy atom. The van der Waals surface area contributed by atoms with E-state index < -0.39 is 0 Å². The van der Waals surface area contributed by atoms with E-state index in [1.54, 1.807) is 4.57 Å². The predicted molar refractivity (Wildman–Crippen MR) is 62.6 cm³/mol. The van der Waals surface area contributed by atoms with Gasteiger partial charge in [0, 0.05) is 6.54 Å². The molecule has 0 saturated heterocycles. The molecule has 86 valence electrons. The first kappa shape index (κ1) is 11.1. The molecule has 2 aromatic heterocycles. The predicted octanol–water partition coefficient (Wildman–Crippen LogP) is 1.82. The van der Waals surface area contributed by atoms with Crippen LogP contribution in [0.3, 0.4) is 0 Å². The van der Waals surface area contributed by atoms with Gasteiger partial charge in [0.1, 0.15) is 11.8 Å². The van der Waals surface area contributed by atoms with Gasteiger partial charge in [0.05, 0.1) is 0 Å². The van der Waals surface area contributed by atoms with Crippen molar-refractivity contribution in [3.63, 3.8) is 0 Å². The van der Waals surface area contributed by atoms with Crippen molar-refractivity contribution in [3.8, 4) is 0 Å². The molecule has 2 rings (SSSR count). The van der Waals surface area contributed by atoms with Crippen molar-refractivity contribution in [1.82, 2.24) is 19.5 Å². The van der Waals surface area contributed by atoms with E-state index >= 15 is 0 Å². The third-order valence-corrected chi connectivity index (χ3v) is 2.43. The molecule has 0 fully saturated rings. The van der Waals surface area contributed by atoms with Crippen molar-refractivity contribution < 1.29 is 0 Å². The largest absolute Gasteiger partial charge is 0.327 e. The molecule has 6 heteroatoms. The smallest absolute Gasteiger partial charge is 0.290 e. The van der Waals surface area contributed by atoms with E-state index in [2.05, 4.69) is 35.7 Å².